The summed E-state index contributed by atoms with van der Waals surface area (Å²) in [5.41, 5.74) is 3.54. The fraction of sp³-hybridized carbons (Fsp3) is 0.560. The van der Waals surface area contributed by atoms with Gasteiger partial charge >= 0.3 is 0 Å². The molecule has 1 amide bonds. The Morgan fingerprint density at radius 2 is 2.00 bits per heavy atom. The Hall–Kier alpha value is -2.07. The summed E-state index contributed by atoms with van der Waals surface area (Å²) in [5, 5.41) is 1.16. The van der Waals surface area contributed by atoms with Gasteiger partial charge in [0.15, 0.2) is 0 Å². The molecular formula is C25H31N3O. The summed E-state index contributed by atoms with van der Waals surface area (Å²) < 4.78 is 2.09. The van der Waals surface area contributed by atoms with Crippen LogP contribution >= 0.6 is 0 Å². The Morgan fingerprint density at radius 3 is 2.90 bits per heavy atom. The number of fused-ring (bicyclic) bond motifs is 7. The van der Waals surface area contributed by atoms with Crippen molar-refractivity contribution in [1.29, 1.82) is 0 Å². The molecule has 2 aromatic rings. The molecule has 6 rings (SSSR count). The topological polar surface area (TPSA) is 28.5 Å². The van der Waals surface area contributed by atoms with E-state index in [-0.39, 0.29) is 5.91 Å². The minimum atomic E-state index is 0.221. The molecule has 3 aliphatic heterocycles. The van der Waals surface area contributed by atoms with E-state index in [0.29, 0.717) is 17.9 Å². The van der Waals surface area contributed by atoms with Crippen molar-refractivity contribution in [1.82, 2.24) is 14.4 Å². The van der Waals surface area contributed by atoms with Gasteiger partial charge in [-0.05, 0) is 62.6 Å². The molecule has 0 N–H and O–H groups in total. The number of nitrogens with zero attached hydrogens (tertiary/aromatic N) is 3. The first kappa shape index (κ1) is 17.8. The summed E-state index contributed by atoms with van der Waals surface area (Å²) in [6, 6.07) is 11.5. The number of rotatable bonds is 1. The van der Waals surface area contributed by atoms with Crippen molar-refractivity contribution in [3.05, 3.63) is 47.7 Å². The van der Waals surface area contributed by atoms with Gasteiger partial charge < -0.3 is 9.47 Å². The molecule has 2 bridgehead atoms. The standard InChI is InChI=1S/C25H31N3O/c1-26-21-9-3-2-7-17(21)15-23(26)25(29)28-12-6-8-18-13-19-14-20(24(18)28)16-27-11-5-4-10-22(19)27/h2-3,7,9,13,15,19-20,22,24H,4-6,8,10-12,14,16H2,1H3. The van der Waals surface area contributed by atoms with E-state index >= 15 is 0 Å². The van der Waals surface area contributed by atoms with Gasteiger partial charge in [0.05, 0.1) is 6.04 Å². The van der Waals surface area contributed by atoms with Gasteiger partial charge in [0.25, 0.3) is 5.91 Å². The Morgan fingerprint density at radius 1 is 1.10 bits per heavy atom. The quantitative estimate of drug-likeness (QED) is 0.684. The summed E-state index contributed by atoms with van der Waals surface area (Å²) in [6.07, 6.45) is 10.3. The highest BCUT2D eigenvalue weighted by Crippen LogP contribution is 2.45. The number of aryl methyl sites for hydroxylation is 1. The van der Waals surface area contributed by atoms with Gasteiger partial charge in [-0.15, -0.1) is 0 Å². The number of para-hydroxylation sites is 1. The molecule has 0 saturated carbocycles. The number of piperidine rings is 3. The van der Waals surface area contributed by atoms with Crippen molar-refractivity contribution >= 4 is 16.8 Å². The lowest BCUT2D eigenvalue weighted by atomic mass is 9.68. The number of benzene rings is 1. The second-order valence-corrected chi connectivity index (χ2v) is 9.65. The van der Waals surface area contributed by atoms with Crippen LogP contribution < -0.4 is 0 Å². The van der Waals surface area contributed by atoms with E-state index < -0.39 is 0 Å². The summed E-state index contributed by atoms with van der Waals surface area (Å²) in [7, 11) is 2.03. The Balaban J connectivity index is 1.36. The maximum absolute atomic E-state index is 13.8. The Bertz CT molecular complexity index is 989. The van der Waals surface area contributed by atoms with Crippen LogP contribution in [0.25, 0.3) is 10.9 Å². The minimum Gasteiger partial charge on any atom is -0.340 e. The monoisotopic (exact) mass is 389 g/mol. The molecule has 3 fully saturated rings. The minimum absolute atomic E-state index is 0.221. The molecule has 0 radical (unpaired) electrons. The van der Waals surface area contributed by atoms with Crippen molar-refractivity contribution in [3.63, 3.8) is 0 Å². The van der Waals surface area contributed by atoms with Crippen molar-refractivity contribution in [2.45, 2.75) is 50.6 Å². The molecule has 4 aliphatic rings. The molecule has 4 heteroatoms. The predicted molar refractivity (Wildman–Crippen MR) is 116 cm³/mol. The molecule has 152 valence electrons. The Kier molecular flexibility index (Phi) is 4.12. The van der Waals surface area contributed by atoms with E-state index in [1.54, 1.807) is 5.57 Å². The molecule has 1 aromatic carbocycles. The van der Waals surface area contributed by atoms with Crippen LogP contribution in [0, 0.1) is 11.8 Å². The summed E-state index contributed by atoms with van der Waals surface area (Å²) in [5.74, 6) is 1.54. The average Bonchev–Trinajstić information content (AvgIpc) is 3.10. The third-order valence-corrected chi connectivity index (χ3v) is 8.09. The van der Waals surface area contributed by atoms with Crippen LogP contribution in [0.1, 0.15) is 49.0 Å². The summed E-state index contributed by atoms with van der Waals surface area (Å²) in [6.45, 7) is 3.33. The number of carbonyl (C=O) groups excluding carboxylic acids is 1. The van der Waals surface area contributed by atoms with Crippen molar-refractivity contribution in [2.24, 2.45) is 18.9 Å². The van der Waals surface area contributed by atoms with Crippen LogP contribution in [0.5, 0.6) is 0 Å². The second-order valence-electron chi connectivity index (χ2n) is 9.65. The maximum Gasteiger partial charge on any atom is 0.271 e. The lowest BCUT2D eigenvalue weighted by molar-refractivity contribution is 0.00123. The lowest BCUT2D eigenvalue weighted by Crippen LogP contribution is -2.60. The first-order chi connectivity index (χ1) is 14.2. The van der Waals surface area contributed by atoms with Crippen molar-refractivity contribution in [2.75, 3.05) is 19.6 Å². The molecule has 4 atom stereocenters. The lowest BCUT2D eigenvalue weighted by Gasteiger charge is -2.54. The second kappa shape index (κ2) is 6.73. The van der Waals surface area contributed by atoms with Gasteiger partial charge in [0.1, 0.15) is 5.69 Å². The first-order valence-electron chi connectivity index (χ1n) is 11.5. The number of hydrogen-bond acceptors (Lipinski definition) is 2. The number of amides is 1. The largest absolute Gasteiger partial charge is 0.340 e. The van der Waals surface area contributed by atoms with Gasteiger partial charge in [-0.3, -0.25) is 9.69 Å². The molecular weight excluding hydrogens is 358 g/mol. The van der Waals surface area contributed by atoms with E-state index in [1.807, 2.05) is 7.05 Å². The Labute approximate surface area is 173 Å². The van der Waals surface area contributed by atoms with Crippen LogP contribution in [0.2, 0.25) is 0 Å². The summed E-state index contributed by atoms with van der Waals surface area (Å²) in [4.78, 5) is 18.7. The van der Waals surface area contributed by atoms with E-state index in [1.165, 1.54) is 45.2 Å². The smallest absolute Gasteiger partial charge is 0.271 e. The molecule has 1 aromatic heterocycles. The maximum atomic E-state index is 13.8. The SMILES string of the molecule is Cn1c(C(=O)N2CCCC3=CC4CC(CN5CCCCC45)C32)cc2ccccc21. The zero-order valence-corrected chi connectivity index (χ0v) is 17.4. The van der Waals surface area contributed by atoms with Crippen LogP contribution in [0.3, 0.4) is 0 Å². The molecule has 4 nitrogen and oxygen atoms in total. The van der Waals surface area contributed by atoms with Gasteiger partial charge in [0, 0.05) is 37.1 Å². The first-order valence-corrected chi connectivity index (χ1v) is 11.5. The van der Waals surface area contributed by atoms with E-state index in [4.69, 9.17) is 0 Å². The fourth-order valence-corrected chi connectivity index (χ4v) is 6.84. The molecule has 1 aliphatic carbocycles. The third-order valence-electron chi connectivity index (χ3n) is 8.09. The predicted octanol–water partition coefficient (Wildman–Crippen LogP) is 4.21. The average molecular weight is 390 g/mol. The highest BCUT2D eigenvalue weighted by atomic mass is 16.2. The van der Waals surface area contributed by atoms with Crippen LogP contribution in [-0.4, -0.2) is 52.0 Å². The third kappa shape index (κ3) is 2.72. The zero-order chi connectivity index (χ0) is 19.5. The zero-order valence-electron chi connectivity index (χ0n) is 17.4. The molecule has 4 unspecified atom stereocenters. The highest BCUT2D eigenvalue weighted by Gasteiger charge is 2.47. The normalized spacial score (nSPS) is 31.9. The number of aromatic nitrogens is 1. The number of carbonyl (C=O) groups is 1. The van der Waals surface area contributed by atoms with Crippen molar-refractivity contribution < 1.29 is 4.79 Å². The number of likely N-dealkylation sites (tertiary alicyclic amines) is 1. The van der Waals surface area contributed by atoms with Gasteiger partial charge in [-0.2, -0.15) is 0 Å². The molecule has 4 heterocycles. The van der Waals surface area contributed by atoms with Gasteiger partial charge in [-0.1, -0.05) is 36.3 Å². The number of hydrogen-bond donors (Lipinski definition) is 0. The fourth-order valence-electron chi connectivity index (χ4n) is 6.84. The van der Waals surface area contributed by atoms with Gasteiger partial charge in [0.2, 0.25) is 0 Å². The van der Waals surface area contributed by atoms with E-state index in [2.05, 4.69) is 50.8 Å². The van der Waals surface area contributed by atoms with Crippen molar-refractivity contribution in [3.8, 4) is 0 Å². The highest BCUT2D eigenvalue weighted by molar-refractivity contribution is 5.99. The van der Waals surface area contributed by atoms with Crippen LogP contribution in [-0.2, 0) is 7.05 Å². The van der Waals surface area contributed by atoms with Crippen LogP contribution in [0.4, 0.5) is 0 Å². The molecule has 0 spiro atoms. The van der Waals surface area contributed by atoms with Crippen LogP contribution in [0.15, 0.2) is 42.0 Å². The molecule has 3 saturated heterocycles. The molecule has 29 heavy (non-hydrogen) atoms. The van der Waals surface area contributed by atoms with E-state index in [0.717, 1.165) is 35.6 Å². The van der Waals surface area contributed by atoms with E-state index in [9.17, 15) is 4.79 Å². The summed E-state index contributed by atoms with van der Waals surface area (Å²) >= 11 is 0. The van der Waals surface area contributed by atoms with Gasteiger partial charge in [-0.25, -0.2) is 0 Å².